The van der Waals surface area contributed by atoms with Crippen LogP contribution in [0.4, 0.5) is 11.4 Å². The second-order valence-electron chi connectivity index (χ2n) is 9.11. The molecule has 0 bridgehead atoms. The van der Waals surface area contributed by atoms with Gasteiger partial charge in [0.15, 0.2) is 0 Å². The van der Waals surface area contributed by atoms with Gasteiger partial charge >= 0.3 is 11.9 Å². The number of ether oxygens (including phenoxy) is 2. The van der Waals surface area contributed by atoms with Crippen molar-refractivity contribution in [2.45, 2.75) is 53.6 Å². The van der Waals surface area contributed by atoms with Crippen molar-refractivity contribution < 1.29 is 38.9 Å². The number of carbonyl (C=O) groups excluding carboxylic acids is 2. The fourth-order valence-electron chi connectivity index (χ4n) is 3.95. The van der Waals surface area contributed by atoms with E-state index >= 15 is 0 Å². The maximum absolute atomic E-state index is 12.0. The summed E-state index contributed by atoms with van der Waals surface area (Å²) < 4.78 is 9.62. The van der Waals surface area contributed by atoms with Gasteiger partial charge in [0.1, 0.15) is 25.3 Å². The van der Waals surface area contributed by atoms with E-state index in [2.05, 4.69) is 0 Å². The number of carbonyl (C=O) groups is 4. The number of benzene rings is 2. The summed E-state index contributed by atoms with van der Waals surface area (Å²) >= 11 is 0. The molecule has 2 N–H and O–H groups in total. The van der Waals surface area contributed by atoms with E-state index in [1.807, 2.05) is 39.8 Å². The molecule has 0 aliphatic carbocycles. The maximum atomic E-state index is 12.0. The molecule has 2 aromatic rings. The Labute approximate surface area is 223 Å². The molecule has 38 heavy (non-hydrogen) atoms. The van der Waals surface area contributed by atoms with Crippen molar-refractivity contribution in [3.8, 4) is 0 Å². The summed E-state index contributed by atoms with van der Waals surface area (Å²) in [6, 6.07) is 9.22. The molecule has 0 aliphatic rings. The van der Waals surface area contributed by atoms with Crippen LogP contribution < -0.4 is 9.80 Å². The standard InChI is InChI=1S/2C14H19NO4/c2*1-9-5-10(2)7-12(6-9)15(11(3)14(17)18)13(16)8-19-4/h2*5-7,11H,8H2,1-4H3,(H,17,18)/t2*11-/m00/s1. The van der Waals surface area contributed by atoms with Crippen LogP contribution in [0.3, 0.4) is 0 Å². The van der Waals surface area contributed by atoms with Crippen LogP contribution in [0.5, 0.6) is 0 Å². The maximum Gasteiger partial charge on any atom is 0.326 e. The largest absolute Gasteiger partial charge is 0.480 e. The zero-order valence-electron chi connectivity index (χ0n) is 23.3. The number of aryl methyl sites for hydroxylation is 4. The van der Waals surface area contributed by atoms with E-state index in [0.717, 1.165) is 22.3 Å². The van der Waals surface area contributed by atoms with E-state index in [1.54, 1.807) is 24.3 Å². The molecule has 2 rings (SSSR count). The van der Waals surface area contributed by atoms with E-state index in [9.17, 15) is 19.2 Å². The number of anilines is 2. The average molecular weight is 531 g/mol. The molecule has 2 aromatic carbocycles. The van der Waals surface area contributed by atoms with Crippen LogP contribution in [0, 0.1) is 27.7 Å². The first kappa shape index (κ1) is 32.3. The van der Waals surface area contributed by atoms with Crippen LogP contribution in [0.25, 0.3) is 0 Å². The van der Waals surface area contributed by atoms with Gasteiger partial charge in [-0.1, -0.05) is 12.1 Å². The van der Waals surface area contributed by atoms with Crippen molar-refractivity contribution in [2.75, 3.05) is 37.2 Å². The highest BCUT2D eigenvalue weighted by molar-refractivity contribution is 6.00. The topological polar surface area (TPSA) is 134 Å². The van der Waals surface area contributed by atoms with Crippen molar-refractivity contribution in [2.24, 2.45) is 0 Å². The van der Waals surface area contributed by atoms with E-state index < -0.39 is 24.0 Å². The van der Waals surface area contributed by atoms with Gasteiger partial charge < -0.3 is 19.7 Å². The SMILES string of the molecule is COCC(=O)N(c1cc(C)cc(C)c1)[C@@H](C)C(=O)O.COCC(=O)N(c1cc(C)cc(C)c1)[C@@H](C)C(=O)O. The van der Waals surface area contributed by atoms with E-state index in [4.69, 9.17) is 19.7 Å². The highest BCUT2D eigenvalue weighted by Gasteiger charge is 2.28. The van der Waals surface area contributed by atoms with Crippen molar-refractivity contribution in [3.05, 3.63) is 58.7 Å². The predicted molar refractivity (Wildman–Crippen MR) is 145 cm³/mol. The molecule has 2 atom stereocenters. The molecular formula is C28H38N2O8. The second kappa shape index (κ2) is 14.8. The monoisotopic (exact) mass is 530 g/mol. The van der Waals surface area contributed by atoms with Crippen LogP contribution in [-0.2, 0) is 28.7 Å². The van der Waals surface area contributed by atoms with Gasteiger partial charge in [0, 0.05) is 25.6 Å². The zero-order chi connectivity index (χ0) is 29.2. The first-order chi connectivity index (χ1) is 17.7. The molecule has 2 amide bonds. The summed E-state index contributed by atoms with van der Waals surface area (Å²) in [5.41, 5.74) is 5.06. The number of carboxylic acids is 2. The average Bonchev–Trinajstić information content (AvgIpc) is 2.78. The molecule has 0 spiro atoms. The van der Waals surface area contributed by atoms with E-state index in [-0.39, 0.29) is 25.0 Å². The molecular weight excluding hydrogens is 492 g/mol. The highest BCUT2D eigenvalue weighted by atomic mass is 16.5. The minimum atomic E-state index is -1.05. The molecule has 0 saturated heterocycles. The van der Waals surface area contributed by atoms with Gasteiger partial charge in [0.25, 0.3) is 11.8 Å². The number of rotatable bonds is 10. The predicted octanol–water partition coefficient (Wildman–Crippen LogP) is 3.51. The third-order valence-corrected chi connectivity index (χ3v) is 5.53. The van der Waals surface area contributed by atoms with E-state index in [1.165, 1.54) is 37.9 Å². The summed E-state index contributed by atoms with van der Waals surface area (Å²) in [4.78, 5) is 48.9. The third-order valence-electron chi connectivity index (χ3n) is 5.53. The van der Waals surface area contributed by atoms with Crippen molar-refractivity contribution >= 4 is 35.1 Å². The molecule has 208 valence electrons. The number of hydrogen-bond donors (Lipinski definition) is 2. The fraction of sp³-hybridized carbons (Fsp3) is 0.429. The quantitative estimate of drug-likeness (QED) is 0.477. The Balaban J connectivity index is 0.000000380. The smallest absolute Gasteiger partial charge is 0.326 e. The normalized spacial score (nSPS) is 12.0. The zero-order valence-corrected chi connectivity index (χ0v) is 23.3. The number of aliphatic carboxylic acids is 2. The Bertz CT molecular complexity index is 1020. The first-order valence-electron chi connectivity index (χ1n) is 12.0. The Morgan fingerprint density at radius 1 is 0.632 bits per heavy atom. The Kier molecular flexibility index (Phi) is 12.6. The van der Waals surface area contributed by atoms with Crippen LogP contribution in [0.15, 0.2) is 36.4 Å². The Morgan fingerprint density at radius 2 is 0.895 bits per heavy atom. The van der Waals surface area contributed by atoms with Crippen LogP contribution in [0.2, 0.25) is 0 Å². The molecule has 10 nitrogen and oxygen atoms in total. The number of nitrogens with zero attached hydrogens (tertiary/aromatic N) is 2. The lowest BCUT2D eigenvalue weighted by Gasteiger charge is -2.27. The van der Waals surface area contributed by atoms with Gasteiger partial charge in [-0.2, -0.15) is 0 Å². The summed E-state index contributed by atoms with van der Waals surface area (Å²) in [5, 5.41) is 18.3. The van der Waals surface area contributed by atoms with Gasteiger partial charge in [-0.15, -0.1) is 0 Å². The highest BCUT2D eigenvalue weighted by Crippen LogP contribution is 2.23. The van der Waals surface area contributed by atoms with Gasteiger partial charge in [-0.3, -0.25) is 19.4 Å². The van der Waals surface area contributed by atoms with Crippen molar-refractivity contribution in [1.82, 2.24) is 0 Å². The molecule has 0 saturated carbocycles. The lowest BCUT2D eigenvalue weighted by molar-refractivity contribution is -0.140. The van der Waals surface area contributed by atoms with Crippen molar-refractivity contribution in [1.29, 1.82) is 0 Å². The summed E-state index contributed by atoms with van der Waals surface area (Å²) in [7, 11) is 2.81. The minimum absolute atomic E-state index is 0.148. The first-order valence-corrected chi connectivity index (χ1v) is 12.0. The van der Waals surface area contributed by atoms with Crippen LogP contribution >= 0.6 is 0 Å². The number of amides is 2. The minimum Gasteiger partial charge on any atom is -0.480 e. The third kappa shape index (κ3) is 9.28. The van der Waals surface area contributed by atoms with Crippen LogP contribution in [0.1, 0.15) is 36.1 Å². The Morgan fingerprint density at radius 3 is 1.11 bits per heavy atom. The Hall–Kier alpha value is -3.76. The number of carboxylic acid groups (broad SMARTS) is 2. The van der Waals surface area contributed by atoms with Gasteiger partial charge in [0.05, 0.1) is 0 Å². The summed E-state index contributed by atoms with van der Waals surface area (Å²) in [6.45, 7) is 10.3. The second-order valence-corrected chi connectivity index (χ2v) is 9.11. The number of hydrogen-bond acceptors (Lipinski definition) is 6. The molecule has 0 unspecified atom stereocenters. The lowest BCUT2D eigenvalue weighted by Crippen LogP contribution is -2.45. The fourth-order valence-corrected chi connectivity index (χ4v) is 3.95. The number of methoxy groups -OCH3 is 2. The van der Waals surface area contributed by atoms with Crippen molar-refractivity contribution in [3.63, 3.8) is 0 Å². The van der Waals surface area contributed by atoms with E-state index in [0.29, 0.717) is 11.4 Å². The molecule has 0 heterocycles. The lowest BCUT2D eigenvalue weighted by atomic mass is 10.1. The van der Waals surface area contributed by atoms with Gasteiger partial charge in [0.2, 0.25) is 0 Å². The molecule has 0 fully saturated rings. The van der Waals surface area contributed by atoms with Gasteiger partial charge in [-0.25, -0.2) is 9.59 Å². The molecule has 10 heteroatoms. The summed E-state index contributed by atoms with van der Waals surface area (Å²) in [6.07, 6.45) is 0. The van der Waals surface area contributed by atoms with Gasteiger partial charge in [-0.05, 0) is 88.1 Å². The summed E-state index contributed by atoms with van der Waals surface area (Å²) in [5.74, 6) is -2.85. The molecule has 0 radical (unpaired) electrons. The molecule has 0 aliphatic heterocycles. The van der Waals surface area contributed by atoms with Crippen LogP contribution in [-0.4, -0.2) is 73.5 Å². The molecule has 0 aromatic heterocycles.